The molecule has 118 valence electrons. The van der Waals surface area contributed by atoms with Gasteiger partial charge in [-0.15, -0.1) is 22.7 Å². The number of esters is 2. The maximum absolute atomic E-state index is 11.1. The Morgan fingerprint density at radius 3 is 2.18 bits per heavy atom. The lowest BCUT2D eigenvalue weighted by molar-refractivity contribution is 0.0586. The van der Waals surface area contributed by atoms with Crippen molar-refractivity contribution in [1.82, 2.24) is 9.97 Å². The minimum absolute atomic E-state index is 0.0596. The van der Waals surface area contributed by atoms with Gasteiger partial charge in [0.25, 0.3) is 0 Å². The molecular weight excluding hydrogens is 392 g/mol. The van der Waals surface area contributed by atoms with Gasteiger partial charge < -0.3 is 9.47 Å². The molecule has 2 heterocycles. The average molecular weight is 407 g/mol. The van der Waals surface area contributed by atoms with Crippen molar-refractivity contribution >= 4 is 50.5 Å². The Morgan fingerprint density at radius 2 is 1.73 bits per heavy atom. The number of rotatable bonds is 3. The molecule has 2 aromatic rings. The van der Waals surface area contributed by atoms with Gasteiger partial charge in [-0.25, -0.2) is 19.6 Å². The first-order chi connectivity index (χ1) is 11.4. The Labute approximate surface area is 146 Å². The van der Waals surface area contributed by atoms with Crippen LogP contribution in [-0.4, -0.2) is 36.1 Å². The lowest BCUT2D eigenvalue weighted by Crippen LogP contribution is -2.01. The zero-order valence-electron chi connectivity index (χ0n) is 13.7. The number of carbonyl (C=O) groups excluding carboxylic acids is 2. The van der Waals surface area contributed by atoms with Crippen LogP contribution in [0.4, 0.5) is 0 Å². The van der Waals surface area contributed by atoms with E-state index in [1.165, 1.54) is 25.6 Å². The molecule has 1 fully saturated rings. The third kappa shape index (κ3) is 4.59. The fraction of sp³-hybridized carbons (Fsp3) is 0.385. The van der Waals surface area contributed by atoms with Crippen LogP contribution in [-0.2, 0) is 9.47 Å². The predicted molar refractivity (Wildman–Crippen MR) is 86.6 cm³/mol. The first-order valence-corrected chi connectivity index (χ1v) is 8.56. The summed E-state index contributed by atoms with van der Waals surface area (Å²) in [5.41, 5.74) is 0.221. The number of thiazole rings is 2. The average Bonchev–Trinajstić information content (AvgIpc) is 3.26. The van der Waals surface area contributed by atoms with E-state index in [9.17, 15) is 9.59 Å². The van der Waals surface area contributed by atoms with Gasteiger partial charge in [0.15, 0.2) is 15.3 Å². The van der Waals surface area contributed by atoms with Gasteiger partial charge in [-0.2, -0.15) is 0 Å². The van der Waals surface area contributed by atoms with Gasteiger partial charge in [0, 0.05) is 16.6 Å². The third-order valence-corrected chi connectivity index (χ3v) is 4.74. The smallest absolute Gasteiger partial charge is 0.357 e. The third-order valence-electron chi connectivity index (χ3n) is 2.59. The van der Waals surface area contributed by atoms with E-state index >= 15 is 0 Å². The van der Waals surface area contributed by atoms with Crippen LogP contribution in [0.5, 0.6) is 0 Å². The van der Waals surface area contributed by atoms with Crippen molar-refractivity contribution in [3.63, 3.8) is 0 Å². The van der Waals surface area contributed by atoms with Gasteiger partial charge in [0.1, 0.15) is 0 Å². The lowest BCUT2D eigenvalue weighted by atomic mass is 10.4. The summed E-state index contributed by atoms with van der Waals surface area (Å²) >= 11 is 5.43. The van der Waals surface area contributed by atoms with Crippen LogP contribution in [0.3, 0.4) is 0 Å². The van der Waals surface area contributed by atoms with Crippen molar-refractivity contribution in [3.05, 3.63) is 31.0 Å². The lowest BCUT2D eigenvalue weighted by Gasteiger charge is -1.91. The first-order valence-electron chi connectivity index (χ1n) is 7.14. The molecular formula is C13H13BrN2O4S2. The highest BCUT2D eigenvalue weighted by Gasteiger charge is 2.27. The number of halogens is 1. The second-order valence-corrected chi connectivity index (χ2v) is 7.08. The van der Waals surface area contributed by atoms with E-state index in [-0.39, 0.29) is 22.1 Å². The van der Waals surface area contributed by atoms with Crippen LogP contribution in [0.2, 0.25) is 0 Å². The van der Waals surface area contributed by atoms with Gasteiger partial charge in [-0.05, 0) is 28.8 Å². The normalized spacial score (nSPS) is 14.3. The quantitative estimate of drug-likeness (QED) is 0.725. The number of hydrogen-bond acceptors (Lipinski definition) is 8. The van der Waals surface area contributed by atoms with Crippen LogP contribution >= 0.6 is 38.6 Å². The van der Waals surface area contributed by atoms with E-state index in [1.54, 1.807) is 0 Å². The molecule has 0 saturated heterocycles. The van der Waals surface area contributed by atoms with Gasteiger partial charge >= 0.3 is 11.9 Å². The molecule has 9 heteroatoms. The standard InChI is InChI=1S/C8H9NO2S.C5H4BrNO2S/c1-11-8(10)6-4-12-7(9-6)5-2-3-5;1-9-4(8)3-2-10-5(6)7-3/h4-5H,2-3H2,1H3;2H,1H3/i4D;2D. The molecule has 2 aromatic heterocycles. The largest absolute Gasteiger partial charge is 0.464 e. The molecule has 0 N–H and O–H groups in total. The molecule has 0 radical (unpaired) electrons. The summed E-state index contributed by atoms with van der Waals surface area (Å²) in [4.78, 5) is 29.8. The van der Waals surface area contributed by atoms with Gasteiger partial charge in [-0.3, -0.25) is 0 Å². The molecule has 1 saturated carbocycles. The topological polar surface area (TPSA) is 78.4 Å². The summed E-state index contributed by atoms with van der Waals surface area (Å²) in [5, 5.41) is 1.24. The van der Waals surface area contributed by atoms with Crippen molar-refractivity contribution in [1.29, 1.82) is 0 Å². The highest BCUT2D eigenvalue weighted by Crippen LogP contribution is 2.41. The SMILES string of the molecule is [2H]c1sc(Br)nc1C(=O)OC.[2H]c1sc(C2CC2)nc1C(=O)OC. The summed E-state index contributed by atoms with van der Waals surface area (Å²) < 4.78 is 24.2. The second-order valence-electron chi connectivity index (χ2n) is 4.18. The van der Waals surface area contributed by atoms with E-state index in [4.69, 9.17) is 2.74 Å². The van der Waals surface area contributed by atoms with E-state index < -0.39 is 11.9 Å². The van der Waals surface area contributed by atoms with Crippen molar-refractivity contribution in [2.45, 2.75) is 18.8 Å². The van der Waals surface area contributed by atoms with Crippen LogP contribution in [0.15, 0.2) is 14.6 Å². The van der Waals surface area contributed by atoms with Crippen LogP contribution in [0.25, 0.3) is 0 Å². The Balaban J connectivity index is 0.000000177. The van der Waals surface area contributed by atoms with Crippen molar-refractivity contribution < 1.29 is 21.8 Å². The number of hydrogen-bond donors (Lipinski definition) is 0. The van der Waals surface area contributed by atoms with Crippen molar-refractivity contribution in [2.24, 2.45) is 0 Å². The molecule has 1 aliphatic carbocycles. The summed E-state index contributed by atoms with van der Waals surface area (Å²) in [6.07, 6.45) is 2.27. The summed E-state index contributed by atoms with van der Waals surface area (Å²) in [6, 6.07) is 0. The minimum Gasteiger partial charge on any atom is -0.464 e. The summed E-state index contributed by atoms with van der Waals surface area (Å²) in [6.45, 7) is 0. The van der Waals surface area contributed by atoms with Crippen LogP contribution in [0.1, 0.15) is 47.5 Å². The molecule has 1 aliphatic rings. The second kappa shape index (κ2) is 7.80. The highest BCUT2D eigenvalue weighted by atomic mass is 79.9. The molecule has 0 amide bonds. The van der Waals surface area contributed by atoms with Crippen LogP contribution in [0, 0.1) is 0 Å². The molecule has 0 spiro atoms. The Morgan fingerprint density at radius 1 is 1.18 bits per heavy atom. The first kappa shape index (κ1) is 14.3. The number of aromatic nitrogens is 2. The fourth-order valence-corrected chi connectivity index (χ4v) is 3.09. The van der Waals surface area contributed by atoms with Crippen molar-refractivity contribution in [3.8, 4) is 0 Å². The van der Waals surface area contributed by atoms with E-state index in [0.717, 1.165) is 29.2 Å². The molecule has 22 heavy (non-hydrogen) atoms. The molecule has 0 unspecified atom stereocenters. The van der Waals surface area contributed by atoms with E-state index in [0.29, 0.717) is 9.83 Å². The monoisotopic (exact) mass is 406 g/mol. The summed E-state index contributed by atoms with van der Waals surface area (Å²) in [7, 11) is 2.56. The van der Waals surface area contributed by atoms with E-state index in [2.05, 4.69) is 35.4 Å². The number of carbonyl (C=O) groups is 2. The molecule has 6 nitrogen and oxygen atoms in total. The molecule has 0 bridgehead atoms. The molecule has 0 aromatic carbocycles. The number of methoxy groups -OCH3 is 2. The number of nitrogens with zero attached hydrogens (tertiary/aromatic N) is 2. The Kier molecular flexibility index (Phi) is 5.06. The predicted octanol–water partition coefficient (Wildman–Crippen LogP) is 3.50. The maximum atomic E-state index is 11.1. The zero-order chi connectivity index (χ0) is 17.9. The van der Waals surface area contributed by atoms with Crippen molar-refractivity contribution in [2.75, 3.05) is 14.2 Å². The highest BCUT2D eigenvalue weighted by molar-refractivity contribution is 9.11. The van der Waals surface area contributed by atoms with Gasteiger partial charge in [-0.1, -0.05) is 0 Å². The molecule has 0 atom stereocenters. The molecule has 3 rings (SSSR count). The zero-order valence-corrected chi connectivity index (χ0v) is 14.9. The molecule has 0 aliphatic heterocycles. The summed E-state index contributed by atoms with van der Waals surface area (Å²) in [5.74, 6) is -0.586. The van der Waals surface area contributed by atoms with E-state index in [1.807, 2.05) is 0 Å². The van der Waals surface area contributed by atoms with Gasteiger partial charge in [0.05, 0.1) is 22.0 Å². The maximum Gasteiger partial charge on any atom is 0.357 e. The Hall–Kier alpha value is -1.32. The van der Waals surface area contributed by atoms with Gasteiger partial charge in [0.2, 0.25) is 0 Å². The Bertz CT molecular complexity index is 761. The fourth-order valence-electron chi connectivity index (χ4n) is 1.35. The minimum atomic E-state index is -0.572. The number of ether oxygens (including phenoxy) is 2. The van der Waals surface area contributed by atoms with Crippen LogP contribution < -0.4 is 0 Å².